The molecule has 1 saturated heterocycles. The number of sulfonamides is 1. The van der Waals surface area contributed by atoms with Crippen molar-refractivity contribution in [1.29, 1.82) is 0 Å². The number of morpholine rings is 1. The lowest BCUT2D eigenvalue weighted by atomic mass is 10.2. The van der Waals surface area contributed by atoms with E-state index in [2.05, 4.69) is 4.90 Å². The lowest BCUT2D eigenvalue weighted by Crippen LogP contribution is -2.41. The normalized spacial score (nSPS) is 18.3. The summed E-state index contributed by atoms with van der Waals surface area (Å²) in [6.07, 6.45) is 0.100. The van der Waals surface area contributed by atoms with Gasteiger partial charge in [0.05, 0.1) is 24.2 Å². The maximum Gasteiger partial charge on any atom is 0.243 e. The Labute approximate surface area is 139 Å². The monoisotopic (exact) mass is 342 g/mol. The quantitative estimate of drug-likeness (QED) is 0.745. The average molecular weight is 342 g/mol. The average Bonchev–Trinajstić information content (AvgIpc) is 2.55. The molecule has 6 nitrogen and oxygen atoms in total. The third-order valence-electron chi connectivity index (χ3n) is 3.97. The van der Waals surface area contributed by atoms with Crippen LogP contribution < -0.4 is 0 Å². The number of likely N-dealkylation sites (N-methyl/N-ethyl adjacent to an activating group) is 1. The Hall–Kier alpha value is -0.990. The molecule has 0 N–H and O–H groups in total. The van der Waals surface area contributed by atoms with E-state index in [1.807, 2.05) is 26.1 Å². The molecule has 1 aliphatic rings. The van der Waals surface area contributed by atoms with Crippen LogP contribution in [0, 0.1) is 0 Å². The van der Waals surface area contributed by atoms with Gasteiger partial charge in [-0.15, -0.1) is 0 Å². The molecule has 1 aromatic rings. The number of hydrogen-bond donors (Lipinski definition) is 0. The van der Waals surface area contributed by atoms with Crippen molar-refractivity contribution in [1.82, 2.24) is 9.21 Å². The Balaban J connectivity index is 2.19. The van der Waals surface area contributed by atoms with Gasteiger partial charge in [0.2, 0.25) is 10.0 Å². The van der Waals surface area contributed by atoms with Crippen LogP contribution in [0.5, 0.6) is 0 Å². The van der Waals surface area contributed by atoms with Gasteiger partial charge in [0.1, 0.15) is 0 Å². The van der Waals surface area contributed by atoms with Gasteiger partial charge in [-0.1, -0.05) is 18.2 Å². The van der Waals surface area contributed by atoms with Gasteiger partial charge in [0.15, 0.2) is 0 Å². The number of nitrogens with zero attached hydrogens (tertiary/aromatic N) is 2. The van der Waals surface area contributed by atoms with Crippen LogP contribution in [-0.2, 0) is 26.0 Å². The largest absolute Gasteiger partial charge is 0.380 e. The third kappa shape index (κ3) is 4.74. The van der Waals surface area contributed by atoms with E-state index >= 15 is 0 Å². The molecule has 0 radical (unpaired) electrons. The Morgan fingerprint density at radius 1 is 1.30 bits per heavy atom. The first kappa shape index (κ1) is 18.4. The van der Waals surface area contributed by atoms with Crippen molar-refractivity contribution in [3.63, 3.8) is 0 Å². The summed E-state index contributed by atoms with van der Waals surface area (Å²) in [7, 11) is 0.165. The van der Waals surface area contributed by atoms with Crippen molar-refractivity contribution in [3.8, 4) is 0 Å². The van der Waals surface area contributed by atoms with E-state index < -0.39 is 10.0 Å². The Morgan fingerprint density at radius 3 is 2.61 bits per heavy atom. The molecule has 0 aliphatic carbocycles. The smallest absolute Gasteiger partial charge is 0.243 e. The Kier molecular flexibility index (Phi) is 6.55. The number of methoxy groups -OCH3 is 1. The number of hydrogen-bond acceptors (Lipinski definition) is 5. The van der Waals surface area contributed by atoms with E-state index in [4.69, 9.17) is 9.47 Å². The fourth-order valence-electron chi connectivity index (χ4n) is 2.68. The second kappa shape index (κ2) is 8.21. The summed E-state index contributed by atoms with van der Waals surface area (Å²) >= 11 is 0. The molecule has 0 amide bonds. The van der Waals surface area contributed by atoms with Crippen LogP contribution in [0.3, 0.4) is 0 Å². The van der Waals surface area contributed by atoms with Crippen LogP contribution in [0.4, 0.5) is 0 Å². The van der Waals surface area contributed by atoms with E-state index in [0.29, 0.717) is 37.7 Å². The molecule has 7 heteroatoms. The fraction of sp³-hybridized carbons (Fsp3) is 0.625. The van der Waals surface area contributed by atoms with Crippen LogP contribution in [0.15, 0.2) is 29.2 Å². The van der Waals surface area contributed by atoms with E-state index in [0.717, 1.165) is 12.1 Å². The molecular formula is C16H26N2O4S. The number of benzene rings is 1. The van der Waals surface area contributed by atoms with Crippen molar-refractivity contribution in [2.24, 2.45) is 0 Å². The van der Waals surface area contributed by atoms with E-state index in [1.54, 1.807) is 19.2 Å². The van der Waals surface area contributed by atoms with E-state index in [9.17, 15) is 8.42 Å². The molecule has 1 aromatic carbocycles. The first-order valence-corrected chi connectivity index (χ1v) is 9.26. The first-order valence-electron chi connectivity index (χ1n) is 7.82. The van der Waals surface area contributed by atoms with Gasteiger partial charge < -0.3 is 9.47 Å². The predicted molar refractivity (Wildman–Crippen MR) is 88.8 cm³/mol. The second-order valence-corrected chi connectivity index (χ2v) is 7.77. The summed E-state index contributed by atoms with van der Waals surface area (Å²) in [5, 5.41) is 0. The summed E-state index contributed by atoms with van der Waals surface area (Å²) in [4.78, 5) is 2.46. The van der Waals surface area contributed by atoms with Gasteiger partial charge in [-0.25, -0.2) is 8.42 Å². The minimum atomic E-state index is -3.48. The van der Waals surface area contributed by atoms with Gasteiger partial charge >= 0.3 is 0 Å². The summed E-state index contributed by atoms with van der Waals surface area (Å²) < 4.78 is 37.8. The fourth-order valence-corrected chi connectivity index (χ4v) is 4.30. The summed E-state index contributed by atoms with van der Waals surface area (Å²) in [5.74, 6) is 0. The molecule has 130 valence electrons. The Bertz CT molecular complexity index is 600. The van der Waals surface area contributed by atoms with Crippen molar-refractivity contribution < 1.29 is 17.9 Å². The molecule has 1 heterocycles. The van der Waals surface area contributed by atoms with Crippen LogP contribution in [0.25, 0.3) is 0 Å². The molecule has 1 aliphatic heterocycles. The van der Waals surface area contributed by atoms with Crippen molar-refractivity contribution in [3.05, 3.63) is 29.8 Å². The van der Waals surface area contributed by atoms with Gasteiger partial charge in [-0.3, -0.25) is 4.90 Å². The lowest BCUT2D eigenvalue weighted by molar-refractivity contribution is 0.0729. The molecule has 1 fully saturated rings. The third-order valence-corrected chi connectivity index (χ3v) is 5.97. The number of rotatable bonds is 7. The zero-order valence-corrected chi connectivity index (χ0v) is 14.9. The van der Waals surface area contributed by atoms with Crippen LogP contribution >= 0.6 is 0 Å². The second-order valence-electron chi connectivity index (χ2n) is 5.87. The topological polar surface area (TPSA) is 59.1 Å². The summed E-state index contributed by atoms with van der Waals surface area (Å²) in [6, 6.07) is 7.21. The molecule has 0 spiro atoms. The zero-order valence-electron chi connectivity index (χ0n) is 14.1. The van der Waals surface area contributed by atoms with E-state index in [-0.39, 0.29) is 6.10 Å². The molecule has 1 atom stereocenters. The van der Waals surface area contributed by atoms with Gasteiger partial charge in [-0.2, -0.15) is 4.31 Å². The molecule has 0 aromatic heterocycles. The highest BCUT2D eigenvalue weighted by atomic mass is 32.2. The lowest BCUT2D eigenvalue weighted by Gasteiger charge is -2.28. The zero-order chi connectivity index (χ0) is 16.9. The van der Waals surface area contributed by atoms with Crippen LogP contribution in [-0.4, -0.2) is 70.7 Å². The minimum Gasteiger partial charge on any atom is -0.380 e. The summed E-state index contributed by atoms with van der Waals surface area (Å²) in [5.41, 5.74) is 0.810. The molecule has 0 saturated carbocycles. The van der Waals surface area contributed by atoms with Gasteiger partial charge in [0, 0.05) is 33.3 Å². The molecular weight excluding hydrogens is 316 g/mol. The highest BCUT2D eigenvalue weighted by molar-refractivity contribution is 7.89. The highest BCUT2D eigenvalue weighted by Gasteiger charge is 2.28. The highest BCUT2D eigenvalue weighted by Crippen LogP contribution is 2.22. The van der Waals surface area contributed by atoms with Crippen LogP contribution in [0.2, 0.25) is 0 Å². The van der Waals surface area contributed by atoms with Crippen molar-refractivity contribution in [2.45, 2.75) is 24.5 Å². The van der Waals surface area contributed by atoms with Gasteiger partial charge in [0.25, 0.3) is 0 Å². The maximum absolute atomic E-state index is 12.9. The standard InChI is InChI=1S/C16H26N2O4S/c1-14(21-3)12-17(2)13-15-6-4-5-7-16(15)23(19,20)18-8-10-22-11-9-18/h4-7,14H,8-13H2,1-3H3. The molecule has 0 bridgehead atoms. The first-order chi connectivity index (χ1) is 10.9. The SMILES string of the molecule is COC(C)CN(C)Cc1ccccc1S(=O)(=O)N1CCOCC1. The Morgan fingerprint density at radius 2 is 1.96 bits per heavy atom. The molecule has 2 rings (SSSR count). The van der Waals surface area contributed by atoms with Gasteiger partial charge in [-0.05, 0) is 25.6 Å². The number of ether oxygens (including phenoxy) is 2. The predicted octanol–water partition coefficient (Wildman–Crippen LogP) is 1.17. The van der Waals surface area contributed by atoms with Crippen molar-refractivity contribution >= 4 is 10.0 Å². The van der Waals surface area contributed by atoms with Crippen molar-refractivity contribution in [2.75, 3.05) is 47.0 Å². The molecule has 23 heavy (non-hydrogen) atoms. The van der Waals surface area contributed by atoms with Crippen LogP contribution in [0.1, 0.15) is 12.5 Å². The summed E-state index contributed by atoms with van der Waals surface area (Å²) in [6.45, 7) is 5.02. The minimum absolute atomic E-state index is 0.100. The van der Waals surface area contributed by atoms with E-state index in [1.165, 1.54) is 4.31 Å². The maximum atomic E-state index is 12.9. The molecule has 1 unspecified atom stereocenters.